The average Bonchev–Trinajstić information content (AvgIpc) is 2.52. The van der Waals surface area contributed by atoms with Gasteiger partial charge in [-0.05, 0) is 107 Å². The topological polar surface area (TPSA) is 160 Å². The lowest BCUT2D eigenvalue weighted by Crippen LogP contribution is -2.59. The molecule has 15 heteroatoms. The summed E-state index contributed by atoms with van der Waals surface area (Å²) >= 11 is 0. The van der Waals surface area contributed by atoms with Crippen molar-refractivity contribution in [3.05, 3.63) is 220 Å². The summed E-state index contributed by atoms with van der Waals surface area (Å²) in [5.41, 5.74) is 3.75. The van der Waals surface area contributed by atoms with Crippen LogP contribution in [-0.4, -0.2) is 103 Å². The minimum Gasteiger partial charge on any atom is -0.497 e. The highest BCUT2D eigenvalue weighted by molar-refractivity contribution is 6.24. The summed E-state index contributed by atoms with van der Waals surface area (Å²) in [5, 5.41) is 12.9. The number of cyclic esters (lactones) is 1. The van der Waals surface area contributed by atoms with Crippen LogP contribution >= 0.6 is 0 Å². The first-order chi connectivity index (χ1) is 39.1. The smallest absolute Gasteiger partial charge is 0.329 e. The number of methoxy groups -OCH3 is 1. The molecule has 80 heavy (non-hydrogen) atoms. The second-order valence-electron chi connectivity index (χ2n) is 20.6. The van der Waals surface area contributed by atoms with Crippen molar-refractivity contribution in [1.29, 1.82) is 0 Å². The summed E-state index contributed by atoms with van der Waals surface area (Å²) in [6.07, 6.45) is -0.911. The van der Waals surface area contributed by atoms with Gasteiger partial charge in [-0.3, -0.25) is 24.2 Å². The van der Waals surface area contributed by atoms with E-state index in [1.807, 2.05) is 163 Å². The first-order valence-electron chi connectivity index (χ1n) is 27.0. The Morgan fingerprint density at radius 1 is 0.713 bits per heavy atom. The van der Waals surface area contributed by atoms with Crippen molar-refractivity contribution in [2.24, 2.45) is 5.92 Å². The molecule has 1 spiro atoms. The van der Waals surface area contributed by atoms with E-state index in [-0.39, 0.29) is 38.8 Å². The highest BCUT2D eigenvalue weighted by Gasteiger charge is 2.76. The van der Waals surface area contributed by atoms with Gasteiger partial charge in [0.25, 0.3) is 0 Å². The van der Waals surface area contributed by atoms with Crippen molar-refractivity contribution >= 4 is 29.5 Å². The number of aliphatic hydroxyl groups is 1. The molecule has 15 nitrogen and oxygen atoms in total. The second-order valence-corrected chi connectivity index (χ2v) is 20.6. The van der Waals surface area contributed by atoms with Crippen molar-refractivity contribution in [3.8, 4) is 34.8 Å². The van der Waals surface area contributed by atoms with E-state index in [2.05, 4.69) is 22.1 Å². The van der Waals surface area contributed by atoms with Crippen LogP contribution in [0.4, 0.5) is 10.5 Å². The monoisotopic (exact) mass is 1070 g/mol. The summed E-state index contributed by atoms with van der Waals surface area (Å²) < 4.78 is 29.3. The van der Waals surface area contributed by atoms with E-state index >= 15 is 19.2 Å². The van der Waals surface area contributed by atoms with Gasteiger partial charge in [0.2, 0.25) is 18.6 Å². The predicted octanol–water partition coefficient (Wildman–Crippen LogP) is 8.68. The third-order valence-electron chi connectivity index (χ3n) is 16.1. The summed E-state index contributed by atoms with van der Waals surface area (Å²) in [7, 11) is 1.60. The molecule has 4 amide bonds. The van der Waals surface area contributed by atoms with E-state index in [9.17, 15) is 5.11 Å². The Morgan fingerprint density at radius 2 is 1.36 bits per heavy atom. The summed E-state index contributed by atoms with van der Waals surface area (Å²) in [5.74, 6) is 5.87. The van der Waals surface area contributed by atoms with Crippen LogP contribution < -0.4 is 29.2 Å². The van der Waals surface area contributed by atoms with E-state index in [1.54, 1.807) is 36.3 Å². The fraction of sp³-hybridized carbons (Fsp3) is 0.262. The van der Waals surface area contributed by atoms with Crippen molar-refractivity contribution in [2.75, 3.05) is 58.2 Å². The second kappa shape index (κ2) is 22.1. The zero-order valence-corrected chi connectivity index (χ0v) is 44.3. The first-order valence-corrected chi connectivity index (χ1v) is 27.0. The molecular formula is C65H59N5O10. The highest BCUT2D eigenvalue weighted by atomic mass is 16.7. The number of piperazine rings is 1. The van der Waals surface area contributed by atoms with Crippen LogP contribution in [0, 0.1) is 17.8 Å². The number of hydrogen-bond donors (Lipinski definition) is 2. The molecule has 0 aromatic heterocycles. The van der Waals surface area contributed by atoms with Crippen molar-refractivity contribution in [3.63, 3.8) is 0 Å². The van der Waals surface area contributed by atoms with Gasteiger partial charge in [-0.2, -0.15) is 0 Å². The maximum Gasteiger partial charge on any atom is 0.329 e. The molecule has 5 heterocycles. The Morgan fingerprint density at radius 3 is 2.06 bits per heavy atom. The number of benzene rings is 7. The number of anilines is 1. The largest absolute Gasteiger partial charge is 0.497 e. The van der Waals surface area contributed by atoms with Crippen LogP contribution in [0.5, 0.6) is 23.0 Å². The number of urea groups is 1. The van der Waals surface area contributed by atoms with Gasteiger partial charge < -0.3 is 39.0 Å². The molecule has 12 rings (SSSR count). The number of amides is 4. The molecule has 2 N–H and O–H groups in total. The molecule has 7 atom stereocenters. The Balaban J connectivity index is 1.06. The average molecular weight is 1070 g/mol. The molecule has 0 radical (unpaired) electrons. The minimum absolute atomic E-state index is 0.0415. The normalized spacial score (nSPS) is 22.4. The van der Waals surface area contributed by atoms with Gasteiger partial charge in [-0.1, -0.05) is 121 Å². The predicted molar refractivity (Wildman–Crippen MR) is 298 cm³/mol. The molecule has 7 aromatic rings. The van der Waals surface area contributed by atoms with E-state index in [1.165, 1.54) is 4.90 Å². The van der Waals surface area contributed by atoms with Crippen LogP contribution in [0.1, 0.15) is 75.7 Å². The summed E-state index contributed by atoms with van der Waals surface area (Å²) in [6, 6.07) is 50.0. The van der Waals surface area contributed by atoms with Crippen LogP contribution in [0.3, 0.4) is 0 Å². The molecule has 0 saturated carbocycles. The zero-order chi connectivity index (χ0) is 54.9. The molecule has 3 saturated heterocycles. The number of imide groups is 1. The van der Waals surface area contributed by atoms with Crippen LogP contribution in [0.2, 0.25) is 0 Å². The number of nitrogens with one attached hydrogen (secondary N) is 1. The number of aliphatic hydroxyl groups excluding tert-OH is 1. The number of esters is 1. The van der Waals surface area contributed by atoms with E-state index < -0.39 is 65.4 Å². The first kappa shape index (κ1) is 51.8. The number of carbonyl (C=O) groups excluding carboxylic acids is 4. The van der Waals surface area contributed by atoms with Crippen LogP contribution in [-0.2, 0) is 31.1 Å². The number of fused-ring (bicyclic) bond motifs is 4. The van der Waals surface area contributed by atoms with Crippen LogP contribution in [0.15, 0.2) is 176 Å². The summed E-state index contributed by atoms with van der Waals surface area (Å²) in [6.45, 7) is 3.97. The third-order valence-corrected chi connectivity index (χ3v) is 16.1. The fourth-order valence-electron chi connectivity index (χ4n) is 12.4. The Bertz CT molecular complexity index is 3490. The molecule has 5 aliphatic heterocycles. The third kappa shape index (κ3) is 9.44. The standard InChI is InChI=1S/C65H59N5O10/c1-42(46-12-6-3-7-13-46)66-64(75)69-53-30-22-44(19-18-43-20-26-50(76-2)27-21-43)38-52(53)65(63(69)74)56(61(72)68-34-32-67(33-35-68)40-45-23-31-54-55(39-45)79-41-78-54)58-62(73)80-59(48-16-10-5-11-17-48)57(47-14-8-4-9-15-47)70(58)60(65)49-24-28-51(29-25-49)77-37-36-71/h3-17,20-31,38-39,42,56-60,71H,32-37,40-41H2,1-2H3,(H,66,75)/t42-,56+,57+,58+,59-,60-,65+/m1/s1. The van der Waals surface area contributed by atoms with Gasteiger partial charge in [0.15, 0.2) is 11.5 Å². The Kier molecular flexibility index (Phi) is 14.3. The van der Waals surface area contributed by atoms with Gasteiger partial charge in [0.1, 0.15) is 35.7 Å². The number of rotatable bonds is 12. The Hall–Kier alpha value is -8.94. The number of hydrogen-bond acceptors (Lipinski definition) is 12. The minimum atomic E-state index is -2.00. The van der Waals surface area contributed by atoms with Crippen molar-refractivity contribution in [2.45, 2.75) is 49.2 Å². The maximum absolute atomic E-state index is 17.1. The van der Waals surface area contributed by atoms with Gasteiger partial charge in [0.05, 0.1) is 43.4 Å². The molecule has 404 valence electrons. The lowest BCUT2D eigenvalue weighted by molar-refractivity contribution is -0.179. The SMILES string of the molecule is COc1ccc(C#Cc2ccc3c(c2)[C@]2(C(=O)N3C(=O)N[C@H](C)c3ccccc3)[C@H](C(=O)N3CCN(Cc4ccc5c(c4)OCO5)CC3)[C@H]3C(=O)O[C@H](c4ccccc4)[C@H](c4ccccc4)N3[C@@H]2c2ccc(OCCO)cc2)cc1. The van der Waals surface area contributed by atoms with E-state index in [0.717, 1.165) is 16.7 Å². The molecule has 0 unspecified atom stereocenters. The van der Waals surface area contributed by atoms with E-state index in [0.29, 0.717) is 70.4 Å². The van der Waals surface area contributed by atoms with Gasteiger partial charge in [0, 0.05) is 43.9 Å². The number of nitrogens with zero attached hydrogens (tertiary/aromatic N) is 4. The molecule has 5 aliphatic rings. The van der Waals surface area contributed by atoms with Crippen molar-refractivity contribution < 1.29 is 48.0 Å². The molecule has 7 aromatic carbocycles. The number of morpholine rings is 1. The molecule has 0 aliphatic carbocycles. The maximum atomic E-state index is 17.1. The van der Waals surface area contributed by atoms with Gasteiger partial charge in [-0.15, -0.1) is 0 Å². The summed E-state index contributed by atoms with van der Waals surface area (Å²) in [4.78, 5) is 72.1. The fourth-order valence-corrected chi connectivity index (χ4v) is 12.4. The van der Waals surface area contributed by atoms with E-state index in [4.69, 9.17) is 23.7 Å². The quantitative estimate of drug-likeness (QED) is 0.0887. The lowest BCUT2D eigenvalue weighted by atomic mass is 9.64. The van der Waals surface area contributed by atoms with Crippen LogP contribution in [0.25, 0.3) is 0 Å². The molecule has 3 fully saturated rings. The zero-order valence-electron chi connectivity index (χ0n) is 44.3. The Labute approximate surface area is 464 Å². The molecular weight excluding hydrogens is 1010 g/mol. The van der Waals surface area contributed by atoms with Crippen molar-refractivity contribution in [1.82, 2.24) is 20.0 Å². The molecule has 0 bridgehead atoms. The van der Waals surface area contributed by atoms with Gasteiger partial charge in [-0.25, -0.2) is 9.69 Å². The number of carbonyl (C=O) groups is 4. The lowest BCUT2D eigenvalue weighted by Gasteiger charge is -2.46. The highest BCUT2D eigenvalue weighted by Crippen LogP contribution is 2.66. The number of ether oxygens (including phenoxy) is 5. The van der Waals surface area contributed by atoms with Gasteiger partial charge >= 0.3 is 12.0 Å².